The summed E-state index contributed by atoms with van der Waals surface area (Å²) in [6.07, 6.45) is 1.21. The molecule has 0 saturated carbocycles. The summed E-state index contributed by atoms with van der Waals surface area (Å²) in [6, 6.07) is 0. The predicted octanol–water partition coefficient (Wildman–Crippen LogP) is -0.240. The average Bonchev–Trinajstić information content (AvgIpc) is 2.16. The normalized spacial score (nSPS) is 23.9. The van der Waals surface area contributed by atoms with Crippen LogP contribution in [0.2, 0.25) is 0 Å². The molecule has 0 aromatic heterocycles. The van der Waals surface area contributed by atoms with Crippen molar-refractivity contribution in [1.29, 1.82) is 0 Å². The molecule has 0 aliphatic carbocycles. The third-order valence-electron chi connectivity index (χ3n) is 3.35. The van der Waals surface area contributed by atoms with Gasteiger partial charge in [0.05, 0.1) is 5.92 Å². The molecule has 4 heteroatoms. The number of nitrogens with one attached hydrogen (secondary N) is 1. The number of carbonyl (C=O) groups is 1. The first kappa shape index (κ1) is 10.9. The monoisotopic (exact) mass is 211 g/mol. The van der Waals surface area contributed by atoms with Crippen LogP contribution in [0.15, 0.2) is 0 Å². The van der Waals surface area contributed by atoms with Crippen LogP contribution in [0.1, 0.15) is 13.3 Å². The fraction of sp³-hybridized carbons (Fsp3) is 0.909. The maximum Gasteiger partial charge on any atom is 0.228 e. The van der Waals surface area contributed by atoms with Gasteiger partial charge in [0.2, 0.25) is 5.91 Å². The highest BCUT2D eigenvalue weighted by Gasteiger charge is 2.30. The lowest BCUT2D eigenvalue weighted by Gasteiger charge is -2.38. The maximum absolute atomic E-state index is 11.9. The molecule has 0 unspecified atom stereocenters. The fourth-order valence-electron chi connectivity index (χ4n) is 2.23. The molecule has 1 N–H and O–H groups in total. The molecule has 0 aromatic carbocycles. The summed E-state index contributed by atoms with van der Waals surface area (Å²) in [7, 11) is 0. The van der Waals surface area contributed by atoms with E-state index in [4.69, 9.17) is 0 Å². The van der Waals surface area contributed by atoms with E-state index in [0.29, 0.717) is 5.91 Å². The standard InChI is InChI=1S/C11H21N3O/c1-2-3-13-4-6-14(7-5-13)11(15)10-8-12-9-10/h10,12H,2-9H2,1H3. The first-order valence-corrected chi connectivity index (χ1v) is 6.03. The second-order valence-corrected chi connectivity index (χ2v) is 4.52. The molecule has 15 heavy (non-hydrogen) atoms. The highest BCUT2D eigenvalue weighted by atomic mass is 16.2. The van der Waals surface area contributed by atoms with E-state index in [1.54, 1.807) is 0 Å². The molecule has 0 radical (unpaired) electrons. The molecule has 86 valence electrons. The average molecular weight is 211 g/mol. The molecule has 2 aliphatic rings. The van der Waals surface area contributed by atoms with E-state index in [2.05, 4.69) is 17.1 Å². The quantitative estimate of drug-likeness (QED) is 0.700. The highest BCUT2D eigenvalue weighted by Crippen LogP contribution is 2.11. The Labute approximate surface area is 91.6 Å². The summed E-state index contributed by atoms with van der Waals surface area (Å²) in [5.41, 5.74) is 0. The van der Waals surface area contributed by atoms with Gasteiger partial charge >= 0.3 is 0 Å². The molecular weight excluding hydrogens is 190 g/mol. The molecule has 2 rings (SSSR count). The summed E-state index contributed by atoms with van der Waals surface area (Å²) in [6.45, 7) is 9.11. The zero-order chi connectivity index (χ0) is 10.7. The van der Waals surface area contributed by atoms with Crippen molar-refractivity contribution in [2.24, 2.45) is 5.92 Å². The highest BCUT2D eigenvalue weighted by molar-refractivity contribution is 5.80. The van der Waals surface area contributed by atoms with Crippen molar-refractivity contribution in [1.82, 2.24) is 15.1 Å². The van der Waals surface area contributed by atoms with Crippen molar-refractivity contribution in [2.75, 3.05) is 45.8 Å². The summed E-state index contributed by atoms with van der Waals surface area (Å²) in [4.78, 5) is 16.4. The van der Waals surface area contributed by atoms with Crippen LogP contribution in [0.5, 0.6) is 0 Å². The first-order valence-electron chi connectivity index (χ1n) is 6.03. The predicted molar refractivity (Wildman–Crippen MR) is 59.7 cm³/mol. The van der Waals surface area contributed by atoms with E-state index < -0.39 is 0 Å². The van der Waals surface area contributed by atoms with Gasteiger partial charge in [0, 0.05) is 39.3 Å². The number of amides is 1. The Morgan fingerprint density at radius 1 is 1.27 bits per heavy atom. The number of hydrogen-bond donors (Lipinski definition) is 1. The first-order chi connectivity index (χ1) is 7.31. The minimum atomic E-state index is 0.266. The van der Waals surface area contributed by atoms with E-state index in [9.17, 15) is 4.79 Å². The van der Waals surface area contributed by atoms with Crippen LogP contribution in [0, 0.1) is 5.92 Å². The van der Waals surface area contributed by atoms with Crippen LogP contribution in [-0.4, -0.2) is 61.5 Å². The Kier molecular flexibility index (Phi) is 3.59. The van der Waals surface area contributed by atoms with Gasteiger partial charge in [-0.3, -0.25) is 9.69 Å². The van der Waals surface area contributed by atoms with E-state index in [0.717, 1.165) is 39.3 Å². The van der Waals surface area contributed by atoms with E-state index in [1.165, 1.54) is 13.0 Å². The number of rotatable bonds is 3. The second kappa shape index (κ2) is 4.94. The Morgan fingerprint density at radius 2 is 1.93 bits per heavy atom. The molecule has 2 heterocycles. The number of carbonyl (C=O) groups excluding carboxylic acids is 1. The lowest BCUT2D eigenvalue weighted by molar-refractivity contribution is -0.138. The van der Waals surface area contributed by atoms with Crippen molar-refractivity contribution < 1.29 is 4.79 Å². The molecule has 0 atom stereocenters. The molecule has 1 amide bonds. The Morgan fingerprint density at radius 3 is 2.40 bits per heavy atom. The minimum absolute atomic E-state index is 0.266. The van der Waals surface area contributed by atoms with Crippen molar-refractivity contribution >= 4 is 5.91 Å². The van der Waals surface area contributed by atoms with E-state index in [1.807, 2.05) is 4.90 Å². The molecule has 2 aliphatic heterocycles. The molecule has 0 spiro atoms. The molecule has 0 aromatic rings. The Hall–Kier alpha value is -0.610. The SMILES string of the molecule is CCCN1CCN(C(=O)C2CNC2)CC1. The van der Waals surface area contributed by atoms with Crippen molar-refractivity contribution in [2.45, 2.75) is 13.3 Å². The largest absolute Gasteiger partial charge is 0.340 e. The third kappa shape index (κ3) is 2.49. The minimum Gasteiger partial charge on any atom is -0.340 e. The van der Waals surface area contributed by atoms with Gasteiger partial charge in [0.1, 0.15) is 0 Å². The van der Waals surface area contributed by atoms with Gasteiger partial charge in [-0.2, -0.15) is 0 Å². The summed E-state index contributed by atoms with van der Waals surface area (Å²) in [5, 5.41) is 3.15. The maximum atomic E-state index is 11.9. The fourth-order valence-corrected chi connectivity index (χ4v) is 2.23. The van der Waals surface area contributed by atoms with E-state index in [-0.39, 0.29) is 5.92 Å². The van der Waals surface area contributed by atoms with Crippen LogP contribution in [-0.2, 0) is 4.79 Å². The lowest BCUT2D eigenvalue weighted by atomic mass is 10.0. The second-order valence-electron chi connectivity index (χ2n) is 4.52. The van der Waals surface area contributed by atoms with Gasteiger partial charge in [-0.25, -0.2) is 0 Å². The zero-order valence-electron chi connectivity index (χ0n) is 9.54. The van der Waals surface area contributed by atoms with Crippen LogP contribution in [0.25, 0.3) is 0 Å². The van der Waals surface area contributed by atoms with Crippen molar-refractivity contribution in [3.63, 3.8) is 0 Å². The topological polar surface area (TPSA) is 35.6 Å². The number of hydrogen-bond acceptors (Lipinski definition) is 3. The van der Waals surface area contributed by atoms with Crippen LogP contribution < -0.4 is 5.32 Å². The van der Waals surface area contributed by atoms with Gasteiger partial charge in [-0.1, -0.05) is 6.92 Å². The number of piperazine rings is 1. The Bertz CT molecular complexity index is 220. The van der Waals surface area contributed by atoms with Crippen molar-refractivity contribution in [3.05, 3.63) is 0 Å². The van der Waals surface area contributed by atoms with Gasteiger partial charge in [0.15, 0.2) is 0 Å². The third-order valence-corrected chi connectivity index (χ3v) is 3.35. The van der Waals surface area contributed by atoms with Gasteiger partial charge in [0.25, 0.3) is 0 Å². The van der Waals surface area contributed by atoms with Crippen LogP contribution in [0.4, 0.5) is 0 Å². The summed E-state index contributed by atoms with van der Waals surface area (Å²) in [5.74, 6) is 0.632. The smallest absolute Gasteiger partial charge is 0.228 e. The summed E-state index contributed by atoms with van der Waals surface area (Å²) < 4.78 is 0. The van der Waals surface area contributed by atoms with Crippen LogP contribution >= 0.6 is 0 Å². The van der Waals surface area contributed by atoms with Gasteiger partial charge in [-0.15, -0.1) is 0 Å². The zero-order valence-corrected chi connectivity index (χ0v) is 9.54. The Balaban J connectivity index is 1.74. The van der Waals surface area contributed by atoms with Gasteiger partial charge < -0.3 is 10.2 Å². The number of nitrogens with zero attached hydrogens (tertiary/aromatic N) is 2. The molecule has 0 bridgehead atoms. The molecular formula is C11H21N3O. The molecule has 2 saturated heterocycles. The summed E-state index contributed by atoms with van der Waals surface area (Å²) >= 11 is 0. The van der Waals surface area contributed by atoms with E-state index >= 15 is 0 Å². The molecule has 4 nitrogen and oxygen atoms in total. The van der Waals surface area contributed by atoms with Gasteiger partial charge in [-0.05, 0) is 13.0 Å². The van der Waals surface area contributed by atoms with Crippen LogP contribution in [0.3, 0.4) is 0 Å². The lowest BCUT2D eigenvalue weighted by Crippen LogP contribution is -2.56. The molecule has 2 fully saturated rings. The van der Waals surface area contributed by atoms with Crippen molar-refractivity contribution in [3.8, 4) is 0 Å².